The van der Waals surface area contributed by atoms with E-state index in [9.17, 15) is 13.6 Å². The molecule has 0 aliphatic carbocycles. The van der Waals surface area contributed by atoms with Crippen LogP contribution in [0.1, 0.15) is 20.8 Å². The van der Waals surface area contributed by atoms with Crippen molar-refractivity contribution in [3.8, 4) is 5.75 Å². The number of amides is 1. The summed E-state index contributed by atoms with van der Waals surface area (Å²) in [5, 5.41) is 2.51. The maximum atomic E-state index is 12.4. The number of halogens is 2. The van der Waals surface area contributed by atoms with Crippen LogP contribution in [0.3, 0.4) is 0 Å². The van der Waals surface area contributed by atoms with Crippen molar-refractivity contribution >= 4 is 20.8 Å². The summed E-state index contributed by atoms with van der Waals surface area (Å²) in [6.07, 6.45) is 0. The maximum absolute atomic E-state index is 12.4. The van der Waals surface area contributed by atoms with E-state index in [1.165, 1.54) is 40.4 Å². The van der Waals surface area contributed by atoms with Gasteiger partial charge in [-0.15, -0.1) is 0 Å². The van der Waals surface area contributed by atoms with Crippen molar-refractivity contribution in [2.75, 3.05) is 5.32 Å². The molecule has 0 spiro atoms. The van der Waals surface area contributed by atoms with Crippen molar-refractivity contribution in [1.29, 1.82) is 0 Å². The van der Waals surface area contributed by atoms with Crippen LogP contribution in [0.2, 0.25) is 0 Å². The van der Waals surface area contributed by atoms with Crippen molar-refractivity contribution in [1.82, 2.24) is 0 Å². The highest BCUT2D eigenvalue weighted by atomic mass is 31.0. The van der Waals surface area contributed by atoms with Crippen molar-refractivity contribution < 1.29 is 18.3 Å². The average molecular weight is 263 g/mol. The number of ether oxygens (including phenoxy) is 1. The quantitative estimate of drug-likeness (QED) is 0.848. The molecule has 1 unspecified atom stereocenters. The molecule has 1 atom stereocenters. The van der Waals surface area contributed by atoms with E-state index in [1.807, 2.05) is 13.8 Å². The van der Waals surface area contributed by atoms with Gasteiger partial charge < -0.3 is 10.1 Å². The lowest BCUT2D eigenvalue weighted by Crippen LogP contribution is -2.14. The minimum Gasteiger partial charge on any atom is -0.430 e. The maximum Gasteiger partial charge on any atom is 0.408 e. The van der Waals surface area contributed by atoms with Crippen molar-refractivity contribution in [2.45, 2.75) is 26.6 Å². The predicted octanol–water partition coefficient (Wildman–Crippen LogP) is 3.48. The second-order valence-electron chi connectivity index (χ2n) is 2.87. The number of carbonyl (C=O) groups excluding carboxylic acids is 1. The number of hydrogen-bond donors (Lipinski definition) is 1. The molecule has 1 amide bonds. The fraction of sp³-hybridized carbons (Fsp3) is 0.364. The van der Waals surface area contributed by atoms with E-state index in [2.05, 4.69) is 10.1 Å². The van der Waals surface area contributed by atoms with Crippen LogP contribution in [0.25, 0.3) is 0 Å². The second-order valence-corrected chi connectivity index (χ2v) is 3.54. The predicted molar refractivity (Wildman–Crippen MR) is 67.4 cm³/mol. The number of alkyl halides is 2. The lowest BCUT2D eigenvalue weighted by atomic mass is 10.3. The number of nitrogens with one attached hydrogen (secondary N) is 1. The van der Waals surface area contributed by atoms with Crippen molar-refractivity contribution in [2.24, 2.45) is 0 Å². The summed E-state index contributed by atoms with van der Waals surface area (Å²) in [7, 11) is 1.28. The van der Waals surface area contributed by atoms with E-state index in [4.69, 9.17) is 0 Å². The Morgan fingerprint density at radius 3 is 2.12 bits per heavy atom. The summed E-state index contributed by atoms with van der Waals surface area (Å²) in [5.74, 6) is -3.47. The van der Waals surface area contributed by atoms with Gasteiger partial charge in [0.15, 0.2) is 0 Å². The Bertz CT molecular complexity index is 349. The van der Waals surface area contributed by atoms with E-state index < -0.39 is 5.85 Å². The van der Waals surface area contributed by atoms with Crippen LogP contribution in [0.5, 0.6) is 5.75 Å². The smallest absolute Gasteiger partial charge is 0.408 e. The van der Waals surface area contributed by atoms with Crippen LogP contribution in [-0.4, -0.2) is 11.8 Å². The molecular weight excluding hydrogens is 247 g/mol. The fourth-order valence-electron chi connectivity index (χ4n) is 0.967. The summed E-state index contributed by atoms with van der Waals surface area (Å²) >= 11 is 0. The largest absolute Gasteiger partial charge is 0.430 e. The van der Waals surface area contributed by atoms with Crippen LogP contribution in [0.4, 0.5) is 14.5 Å². The van der Waals surface area contributed by atoms with Gasteiger partial charge in [0.2, 0.25) is 5.91 Å². The lowest BCUT2D eigenvalue weighted by molar-refractivity contribution is -0.114. The van der Waals surface area contributed by atoms with E-state index in [-0.39, 0.29) is 11.7 Å². The third kappa shape index (κ3) is 7.64. The van der Waals surface area contributed by atoms with Crippen molar-refractivity contribution in [3.05, 3.63) is 24.3 Å². The molecule has 1 rings (SSSR count). The fourth-order valence-corrected chi connectivity index (χ4v) is 1.10. The third-order valence-electron chi connectivity index (χ3n) is 1.43. The SMILES string of the molecule is CC.CC(=O)Nc1ccc(OC(F)(F)P)cc1. The third-order valence-corrected chi connectivity index (χ3v) is 1.55. The van der Waals surface area contributed by atoms with Gasteiger partial charge in [0.05, 0.1) is 0 Å². The van der Waals surface area contributed by atoms with Crippen LogP contribution >= 0.6 is 9.24 Å². The van der Waals surface area contributed by atoms with Crippen LogP contribution < -0.4 is 10.1 Å². The molecule has 0 fully saturated rings. The second kappa shape index (κ2) is 7.17. The number of benzene rings is 1. The van der Waals surface area contributed by atoms with Gasteiger partial charge in [-0.3, -0.25) is 4.79 Å². The Morgan fingerprint density at radius 1 is 1.29 bits per heavy atom. The van der Waals surface area contributed by atoms with E-state index in [1.54, 1.807) is 0 Å². The molecule has 96 valence electrons. The Hall–Kier alpha value is -1.22. The summed E-state index contributed by atoms with van der Waals surface area (Å²) in [4.78, 5) is 10.7. The molecule has 17 heavy (non-hydrogen) atoms. The summed E-state index contributed by atoms with van der Waals surface area (Å²) in [6, 6.07) is 5.66. The van der Waals surface area contributed by atoms with Crippen LogP contribution in [0, 0.1) is 0 Å². The summed E-state index contributed by atoms with van der Waals surface area (Å²) in [5.41, 5.74) is 0.530. The van der Waals surface area contributed by atoms with Crippen LogP contribution in [0.15, 0.2) is 24.3 Å². The molecule has 0 heterocycles. The molecule has 1 aromatic rings. The van der Waals surface area contributed by atoms with Gasteiger partial charge in [-0.05, 0) is 33.5 Å². The number of anilines is 1. The summed E-state index contributed by atoms with van der Waals surface area (Å²) in [6.45, 7) is 5.36. The Kier molecular flexibility index (Phi) is 6.66. The van der Waals surface area contributed by atoms with Gasteiger partial charge in [-0.1, -0.05) is 13.8 Å². The molecular formula is C11H16F2NO2P. The lowest BCUT2D eigenvalue weighted by Gasteiger charge is -2.12. The van der Waals surface area contributed by atoms with E-state index >= 15 is 0 Å². The average Bonchev–Trinajstić information content (AvgIpc) is 2.21. The molecule has 3 nitrogen and oxygen atoms in total. The van der Waals surface area contributed by atoms with E-state index in [0.29, 0.717) is 5.69 Å². The standard InChI is InChI=1S/C9H10F2NO2P.C2H6/c1-6(13)12-7-2-4-8(5-3-7)14-9(10,11)15;1-2/h2-5H,15H2,1H3,(H,12,13);1-2H3. The monoisotopic (exact) mass is 263 g/mol. The molecule has 0 radical (unpaired) electrons. The van der Waals surface area contributed by atoms with Gasteiger partial charge in [-0.25, -0.2) is 0 Å². The highest BCUT2D eigenvalue weighted by Crippen LogP contribution is 2.27. The zero-order valence-electron chi connectivity index (χ0n) is 9.96. The molecule has 0 saturated heterocycles. The number of hydrogen-bond acceptors (Lipinski definition) is 2. The van der Waals surface area contributed by atoms with Gasteiger partial charge in [0.25, 0.3) is 0 Å². The minimum absolute atomic E-state index is 0.0316. The van der Waals surface area contributed by atoms with Crippen molar-refractivity contribution in [3.63, 3.8) is 0 Å². The Labute approximate surface area is 102 Å². The minimum atomic E-state index is -3.28. The first-order valence-electron chi connectivity index (χ1n) is 5.10. The molecule has 1 N–H and O–H groups in total. The molecule has 0 aliphatic rings. The number of rotatable bonds is 3. The molecule has 6 heteroatoms. The van der Waals surface area contributed by atoms with Gasteiger partial charge in [-0.2, -0.15) is 8.78 Å². The van der Waals surface area contributed by atoms with Gasteiger partial charge in [0, 0.05) is 12.6 Å². The molecule has 0 aromatic heterocycles. The van der Waals surface area contributed by atoms with Gasteiger partial charge >= 0.3 is 5.85 Å². The Balaban J connectivity index is 0.00000121. The van der Waals surface area contributed by atoms with Crippen LogP contribution in [-0.2, 0) is 4.79 Å². The highest BCUT2D eigenvalue weighted by molar-refractivity contribution is 7.17. The molecule has 0 saturated carbocycles. The Morgan fingerprint density at radius 2 is 1.76 bits per heavy atom. The first-order valence-corrected chi connectivity index (χ1v) is 5.68. The first-order chi connectivity index (χ1) is 7.87. The number of carbonyl (C=O) groups is 1. The first kappa shape index (κ1) is 15.8. The van der Waals surface area contributed by atoms with E-state index in [0.717, 1.165) is 0 Å². The normalized spacial score (nSPS) is 10.0. The zero-order chi connectivity index (χ0) is 13.5. The zero-order valence-corrected chi connectivity index (χ0v) is 11.1. The molecule has 1 aromatic carbocycles. The summed E-state index contributed by atoms with van der Waals surface area (Å²) < 4.78 is 29.1. The van der Waals surface area contributed by atoms with Gasteiger partial charge in [0.1, 0.15) is 5.75 Å². The highest BCUT2D eigenvalue weighted by Gasteiger charge is 2.23. The molecule has 0 bridgehead atoms. The topological polar surface area (TPSA) is 38.3 Å². The molecule has 0 aliphatic heterocycles.